The molecule has 3 heteroatoms. The molecule has 0 amide bonds. The van der Waals surface area contributed by atoms with Crippen molar-refractivity contribution in [3.8, 4) is 0 Å². The van der Waals surface area contributed by atoms with Crippen molar-refractivity contribution in [1.29, 1.82) is 0 Å². The Labute approximate surface area is 120 Å². The number of hydrogen-bond acceptors (Lipinski definition) is 2. The van der Waals surface area contributed by atoms with E-state index >= 15 is 0 Å². The lowest BCUT2D eigenvalue weighted by atomic mass is 10.1. The van der Waals surface area contributed by atoms with Gasteiger partial charge in [-0.2, -0.15) is 0 Å². The normalized spacial score (nSPS) is 12.7. The van der Waals surface area contributed by atoms with Gasteiger partial charge in [-0.3, -0.25) is 4.98 Å². The molecule has 1 unspecified atom stereocenters. The van der Waals surface area contributed by atoms with Gasteiger partial charge in [-0.05, 0) is 36.9 Å². The standard InChI is InChI=1S/C16H21ClN2/c1-13(11-17)5-3-9-18-12-15-7-2-6-14-8-4-10-19-16(14)15/h2,4,6-8,10,13,18H,3,5,9,11-12H2,1H3. The van der Waals surface area contributed by atoms with Gasteiger partial charge in [0.1, 0.15) is 0 Å². The molecule has 1 N–H and O–H groups in total. The van der Waals surface area contributed by atoms with E-state index in [0.717, 1.165) is 24.5 Å². The summed E-state index contributed by atoms with van der Waals surface area (Å²) in [6.45, 7) is 4.11. The smallest absolute Gasteiger partial charge is 0.0746 e. The monoisotopic (exact) mass is 276 g/mol. The third-order valence-corrected chi connectivity index (χ3v) is 3.87. The number of halogens is 1. The third kappa shape index (κ3) is 4.19. The highest BCUT2D eigenvalue weighted by Crippen LogP contribution is 2.15. The van der Waals surface area contributed by atoms with Gasteiger partial charge in [-0.25, -0.2) is 0 Å². The molecule has 1 heterocycles. The molecule has 0 spiro atoms. The van der Waals surface area contributed by atoms with E-state index in [1.165, 1.54) is 23.8 Å². The Bertz CT molecular complexity index is 508. The highest BCUT2D eigenvalue weighted by molar-refractivity contribution is 6.18. The van der Waals surface area contributed by atoms with Gasteiger partial charge in [0, 0.05) is 24.0 Å². The van der Waals surface area contributed by atoms with Crippen molar-refractivity contribution in [2.24, 2.45) is 5.92 Å². The molecule has 1 aromatic carbocycles. The lowest BCUT2D eigenvalue weighted by Gasteiger charge is -2.09. The van der Waals surface area contributed by atoms with Crippen molar-refractivity contribution in [2.75, 3.05) is 12.4 Å². The molecule has 1 atom stereocenters. The van der Waals surface area contributed by atoms with Crippen LogP contribution in [0.2, 0.25) is 0 Å². The van der Waals surface area contributed by atoms with Crippen LogP contribution in [0.15, 0.2) is 36.5 Å². The van der Waals surface area contributed by atoms with Gasteiger partial charge in [0.15, 0.2) is 0 Å². The van der Waals surface area contributed by atoms with Gasteiger partial charge in [-0.15, -0.1) is 11.6 Å². The van der Waals surface area contributed by atoms with E-state index in [1.807, 2.05) is 12.3 Å². The summed E-state index contributed by atoms with van der Waals surface area (Å²) >= 11 is 5.80. The molecule has 0 bridgehead atoms. The highest BCUT2D eigenvalue weighted by Gasteiger charge is 2.02. The van der Waals surface area contributed by atoms with Crippen LogP contribution in [0.5, 0.6) is 0 Å². The van der Waals surface area contributed by atoms with Crippen LogP contribution in [-0.4, -0.2) is 17.4 Å². The van der Waals surface area contributed by atoms with Crippen LogP contribution in [0, 0.1) is 5.92 Å². The molecule has 0 aliphatic carbocycles. The zero-order chi connectivity index (χ0) is 13.5. The Morgan fingerprint density at radius 3 is 2.95 bits per heavy atom. The average Bonchev–Trinajstić information content (AvgIpc) is 2.46. The Balaban J connectivity index is 1.85. The number of rotatable bonds is 7. The molecule has 2 aromatic rings. The van der Waals surface area contributed by atoms with E-state index in [1.54, 1.807) is 0 Å². The number of pyridine rings is 1. The lowest BCUT2D eigenvalue weighted by molar-refractivity contribution is 0.532. The van der Waals surface area contributed by atoms with Gasteiger partial charge in [0.25, 0.3) is 0 Å². The number of aromatic nitrogens is 1. The minimum atomic E-state index is 0.614. The molecule has 0 aliphatic rings. The van der Waals surface area contributed by atoms with Crippen LogP contribution in [-0.2, 0) is 6.54 Å². The maximum absolute atomic E-state index is 5.80. The van der Waals surface area contributed by atoms with Crippen molar-refractivity contribution in [1.82, 2.24) is 10.3 Å². The summed E-state index contributed by atoms with van der Waals surface area (Å²) in [4.78, 5) is 4.46. The minimum Gasteiger partial charge on any atom is -0.313 e. The fraction of sp³-hybridized carbons (Fsp3) is 0.438. The van der Waals surface area contributed by atoms with Crippen molar-refractivity contribution < 1.29 is 0 Å². The second-order valence-corrected chi connectivity index (χ2v) is 5.38. The van der Waals surface area contributed by atoms with Gasteiger partial charge < -0.3 is 5.32 Å². The van der Waals surface area contributed by atoms with Crippen molar-refractivity contribution >= 4 is 22.5 Å². The zero-order valence-electron chi connectivity index (χ0n) is 11.4. The number of alkyl halides is 1. The second kappa shape index (κ2) is 7.46. The lowest BCUT2D eigenvalue weighted by Crippen LogP contribution is -2.16. The maximum Gasteiger partial charge on any atom is 0.0746 e. The summed E-state index contributed by atoms with van der Waals surface area (Å²) in [5, 5.41) is 4.70. The Morgan fingerprint density at radius 1 is 1.26 bits per heavy atom. The Morgan fingerprint density at radius 2 is 2.11 bits per heavy atom. The third-order valence-electron chi connectivity index (χ3n) is 3.35. The fourth-order valence-electron chi connectivity index (χ4n) is 2.19. The number of nitrogens with one attached hydrogen (secondary N) is 1. The van der Waals surface area contributed by atoms with Crippen LogP contribution in [0.4, 0.5) is 0 Å². The molecule has 0 radical (unpaired) electrons. The number of benzene rings is 1. The second-order valence-electron chi connectivity index (χ2n) is 5.07. The van der Waals surface area contributed by atoms with Crippen LogP contribution in [0.25, 0.3) is 10.9 Å². The van der Waals surface area contributed by atoms with E-state index in [-0.39, 0.29) is 0 Å². The highest BCUT2D eigenvalue weighted by atomic mass is 35.5. The van der Waals surface area contributed by atoms with E-state index in [4.69, 9.17) is 11.6 Å². The zero-order valence-corrected chi connectivity index (χ0v) is 12.2. The molecular weight excluding hydrogens is 256 g/mol. The summed E-state index contributed by atoms with van der Waals surface area (Å²) in [7, 11) is 0. The number of fused-ring (bicyclic) bond motifs is 1. The minimum absolute atomic E-state index is 0.614. The van der Waals surface area contributed by atoms with E-state index in [2.05, 4.69) is 41.5 Å². The van der Waals surface area contributed by atoms with E-state index in [0.29, 0.717) is 5.92 Å². The van der Waals surface area contributed by atoms with Crippen molar-refractivity contribution in [3.05, 3.63) is 42.1 Å². The van der Waals surface area contributed by atoms with Gasteiger partial charge in [0.2, 0.25) is 0 Å². The average molecular weight is 277 g/mol. The first-order valence-corrected chi connectivity index (χ1v) is 7.44. The predicted molar refractivity (Wildman–Crippen MR) is 82.6 cm³/mol. The van der Waals surface area contributed by atoms with Crippen molar-refractivity contribution in [2.45, 2.75) is 26.3 Å². The number of hydrogen-bond donors (Lipinski definition) is 1. The Kier molecular flexibility index (Phi) is 5.62. The first kappa shape index (κ1) is 14.3. The summed E-state index contributed by atoms with van der Waals surface area (Å²) in [6, 6.07) is 10.4. The van der Waals surface area contributed by atoms with Crippen LogP contribution >= 0.6 is 11.6 Å². The number of para-hydroxylation sites is 1. The van der Waals surface area contributed by atoms with Crippen LogP contribution < -0.4 is 5.32 Å². The molecule has 0 saturated heterocycles. The SMILES string of the molecule is CC(CCl)CCCNCc1cccc2cccnc12. The largest absolute Gasteiger partial charge is 0.313 e. The molecule has 19 heavy (non-hydrogen) atoms. The van der Waals surface area contributed by atoms with Gasteiger partial charge in [-0.1, -0.05) is 31.2 Å². The molecule has 0 fully saturated rings. The quantitative estimate of drug-likeness (QED) is 0.611. The van der Waals surface area contributed by atoms with Crippen LogP contribution in [0.1, 0.15) is 25.3 Å². The fourth-order valence-corrected chi connectivity index (χ4v) is 2.34. The first-order chi connectivity index (χ1) is 9.31. The molecule has 0 aliphatic heterocycles. The molecule has 102 valence electrons. The summed E-state index contributed by atoms with van der Waals surface area (Å²) in [6.07, 6.45) is 4.21. The molecule has 2 rings (SSSR count). The van der Waals surface area contributed by atoms with Crippen molar-refractivity contribution in [3.63, 3.8) is 0 Å². The maximum atomic E-state index is 5.80. The molecule has 0 saturated carbocycles. The first-order valence-electron chi connectivity index (χ1n) is 6.90. The van der Waals surface area contributed by atoms with Crippen LogP contribution in [0.3, 0.4) is 0 Å². The summed E-state index contributed by atoms with van der Waals surface area (Å²) in [5.74, 6) is 1.37. The summed E-state index contributed by atoms with van der Waals surface area (Å²) < 4.78 is 0. The van der Waals surface area contributed by atoms with Gasteiger partial charge in [0.05, 0.1) is 5.52 Å². The van der Waals surface area contributed by atoms with Gasteiger partial charge >= 0.3 is 0 Å². The summed E-state index contributed by atoms with van der Waals surface area (Å²) in [5.41, 5.74) is 2.37. The molecule has 2 nitrogen and oxygen atoms in total. The van der Waals surface area contributed by atoms with E-state index in [9.17, 15) is 0 Å². The molecular formula is C16H21ClN2. The predicted octanol–water partition coefficient (Wildman–Crippen LogP) is 3.98. The molecule has 1 aromatic heterocycles. The topological polar surface area (TPSA) is 24.9 Å². The van der Waals surface area contributed by atoms with E-state index < -0.39 is 0 Å². The number of nitrogens with zero attached hydrogens (tertiary/aromatic N) is 1. The Hall–Kier alpha value is -1.12.